The molecule has 3 heteroatoms. The zero-order valence-electron chi connectivity index (χ0n) is 8.71. The van der Waals surface area contributed by atoms with Crippen LogP contribution in [0.5, 0.6) is 5.75 Å². The molecule has 0 fully saturated rings. The predicted molar refractivity (Wildman–Crippen MR) is 58.3 cm³/mol. The van der Waals surface area contributed by atoms with E-state index in [1.165, 1.54) is 31.4 Å². The van der Waals surface area contributed by atoms with Crippen LogP contribution >= 0.6 is 0 Å². The average molecular weight is 219 g/mol. The van der Waals surface area contributed by atoms with Gasteiger partial charge in [0.2, 0.25) is 0 Å². The summed E-state index contributed by atoms with van der Waals surface area (Å²) >= 11 is 0. The van der Waals surface area contributed by atoms with Gasteiger partial charge in [-0.2, -0.15) is 0 Å². The van der Waals surface area contributed by atoms with Gasteiger partial charge in [-0.3, -0.25) is 0 Å². The van der Waals surface area contributed by atoms with Crippen LogP contribution in [0.3, 0.4) is 0 Å². The van der Waals surface area contributed by atoms with Gasteiger partial charge in [0.1, 0.15) is 17.4 Å². The van der Waals surface area contributed by atoms with E-state index in [1.54, 1.807) is 18.2 Å². The van der Waals surface area contributed by atoms with Crippen molar-refractivity contribution < 1.29 is 13.5 Å². The minimum Gasteiger partial charge on any atom is -0.496 e. The number of hydrogen-bond donors (Lipinski definition) is 0. The molecular weight excluding hydrogens is 209 g/mol. The van der Waals surface area contributed by atoms with Gasteiger partial charge in [-0.15, -0.1) is 0 Å². The lowest BCUT2D eigenvalue weighted by Crippen LogP contribution is -1.89. The second-order valence-electron chi connectivity index (χ2n) is 3.35. The SMILES string of the molecule is COc1ccc(F)cc1-c1ccc([18F])cc1. The fourth-order valence-electron chi connectivity index (χ4n) is 1.54. The van der Waals surface area contributed by atoms with Crippen LogP contribution in [0.4, 0.5) is 8.78 Å². The molecule has 0 bridgehead atoms. The Labute approximate surface area is 92.3 Å². The Balaban J connectivity index is 2.53. The van der Waals surface area contributed by atoms with Gasteiger partial charge in [-0.25, -0.2) is 8.78 Å². The molecule has 0 spiro atoms. The predicted octanol–water partition coefficient (Wildman–Crippen LogP) is 3.64. The maximum atomic E-state index is 13.1. The summed E-state index contributed by atoms with van der Waals surface area (Å²) in [5, 5.41) is 0. The number of halogens is 2. The first-order valence-electron chi connectivity index (χ1n) is 4.80. The molecule has 0 atom stereocenters. The van der Waals surface area contributed by atoms with Gasteiger partial charge < -0.3 is 4.74 Å². The summed E-state index contributed by atoms with van der Waals surface area (Å²) in [7, 11) is 1.51. The normalized spacial score (nSPS) is 10.2. The summed E-state index contributed by atoms with van der Waals surface area (Å²) in [6.07, 6.45) is 0. The third-order valence-electron chi connectivity index (χ3n) is 2.32. The monoisotopic (exact) mass is 219 g/mol. The van der Waals surface area contributed by atoms with Crippen molar-refractivity contribution in [3.63, 3.8) is 0 Å². The van der Waals surface area contributed by atoms with Crippen LogP contribution in [-0.4, -0.2) is 7.11 Å². The van der Waals surface area contributed by atoms with Gasteiger partial charge in [0, 0.05) is 5.56 Å². The second-order valence-corrected chi connectivity index (χ2v) is 3.35. The van der Waals surface area contributed by atoms with Crippen molar-refractivity contribution in [2.45, 2.75) is 0 Å². The molecule has 82 valence electrons. The fraction of sp³-hybridized carbons (Fsp3) is 0.0769. The molecule has 0 aromatic heterocycles. The Morgan fingerprint density at radius 1 is 0.875 bits per heavy atom. The van der Waals surface area contributed by atoms with E-state index in [1.807, 2.05) is 0 Å². The topological polar surface area (TPSA) is 9.23 Å². The lowest BCUT2D eigenvalue weighted by molar-refractivity contribution is 0.415. The molecule has 0 amide bonds. The molecule has 2 rings (SSSR count). The van der Waals surface area contributed by atoms with Gasteiger partial charge in [-0.05, 0) is 35.9 Å². The van der Waals surface area contributed by atoms with Crippen LogP contribution in [0.1, 0.15) is 0 Å². The number of benzene rings is 2. The Kier molecular flexibility index (Phi) is 2.86. The van der Waals surface area contributed by atoms with Gasteiger partial charge in [0.15, 0.2) is 0 Å². The lowest BCUT2D eigenvalue weighted by Gasteiger charge is -2.08. The molecule has 0 aliphatic heterocycles. The van der Waals surface area contributed by atoms with Gasteiger partial charge >= 0.3 is 0 Å². The molecule has 1 nitrogen and oxygen atoms in total. The summed E-state index contributed by atoms with van der Waals surface area (Å²) < 4.78 is 31.0. The quantitative estimate of drug-likeness (QED) is 0.749. The van der Waals surface area contributed by atoms with Crippen molar-refractivity contribution in [2.24, 2.45) is 0 Å². The first-order valence-corrected chi connectivity index (χ1v) is 4.80. The van der Waals surface area contributed by atoms with E-state index in [9.17, 15) is 8.78 Å². The van der Waals surface area contributed by atoms with Crippen molar-refractivity contribution in [3.8, 4) is 16.9 Å². The van der Waals surface area contributed by atoms with E-state index in [2.05, 4.69) is 0 Å². The molecule has 16 heavy (non-hydrogen) atoms. The highest BCUT2D eigenvalue weighted by Crippen LogP contribution is 2.30. The molecule has 0 N–H and O–H groups in total. The van der Waals surface area contributed by atoms with E-state index in [0.717, 1.165) is 5.56 Å². The van der Waals surface area contributed by atoms with Crippen LogP contribution in [0.15, 0.2) is 42.5 Å². The highest BCUT2D eigenvalue weighted by atomic mass is 19.1. The zero-order valence-corrected chi connectivity index (χ0v) is 8.71. The number of methoxy groups -OCH3 is 1. The third-order valence-corrected chi connectivity index (χ3v) is 2.32. The first kappa shape index (κ1) is 10.6. The fourth-order valence-corrected chi connectivity index (χ4v) is 1.54. The van der Waals surface area contributed by atoms with Crippen molar-refractivity contribution in [3.05, 3.63) is 54.1 Å². The molecule has 0 heterocycles. The van der Waals surface area contributed by atoms with Crippen molar-refractivity contribution >= 4 is 0 Å². The van der Waals surface area contributed by atoms with E-state index in [4.69, 9.17) is 4.74 Å². The third kappa shape index (κ3) is 2.03. The largest absolute Gasteiger partial charge is 0.496 e. The molecule has 2 aromatic carbocycles. The first-order chi connectivity index (χ1) is 7.70. The minimum atomic E-state index is -0.347. The van der Waals surface area contributed by atoms with Crippen LogP contribution in [-0.2, 0) is 0 Å². The maximum absolute atomic E-state index is 13.1. The standard InChI is InChI=1S/C13H10F2O/c1-16-13-7-6-11(15)8-12(13)9-2-4-10(14)5-3-9/h2-8H,1H3/i14-1. The van der Waals surface area contributed by atoms with Gasteiger partial charge in [0.25, 0.3) is 0 Å². The Hall–Kier alpha value is -1.90. The summed E-state index contributed by atoms with van der Waals surface area (Å²) in [5.41, 5.74) is 1.33. The second kappa shape index (κ2) is 4.31. The molecule has 2 aromatic rings. The average Bonchev–Trinajstić information content (AvgIpc) is 2.30. The molecule has 0 saturated carbocycles. The molecule has 0 radical (unpaired) electrons. The lowest BCUT2D eigenvalue weighted by atomic mass is 10.0. The maximum Gasteiger partial charge on any atom is 0.126 e. The van der Waals surface area contributed by atoms with Crippen LogP contribution in [0, 0.1) is 11.6 Å². The summed E-state index contributed by atoms with van der Waals surface area (Å²) in [6, 6.07) is 10.1. The number of hydrogen-bond acceptors (Lipinski definition) is 1. The van der Waals surface area contributed by atoms with Crippen LogP contribution in [0.25, 0.3) is 11.1 Å². The van der Waals surface area contributed by atoms with Crippen LogP contribution in [0.2, 0.25) is 0 Å². The zero-order chi connectivity index (χ0) is 11.5. The number of rotatable bonds is 2. The smallest absolute Gasteiger partial charge is 0.126 e. The van der Waals surface area contributed by atoms with E-state index < -0.39 is 0 Å². The Morgan fingerprint density at radius 3 is 2.12 bits per heavy atom. The van der Waals surface area contributed by atoms with Gasteiger partial charge in [0.05, 0.1) is 7.11 Å². The van der Waals surface area contributed by atoms with E-state index in [0.29, 0.717) is 11.3 Å². The molecule has 0 aliphatic rings. The van der Waals surface area contributed by atoms with E-state index in [-0.39, 0.29) is 11.6 Å². The van der Waals surface area contributed by atoms with Crippen LogP contribution < -0.4 is 4.74 Å². The molecular formula is C13H10F2O. The minimum absolute atomic E-state index is 0.320. The van der Waals surface area contributed by atoms with Crippen molar-refractivity contribution in [1.29, 1.82) is 0 Å². The van der Waals surface area contributed by atoms with Crippen molar-refractivity contribution in [2.75, 3.05) is 7.11 Å². The highest BCUT2D eigenvalue weighted by Gasteiger charge is 2.07. The summed E-state index contributed by atoms with van der Waals surface area (Å²) in [4.78, 5) is 0. The molecule has 0 saturated heterocycles. The highest BCUT2D eigenvalue weighted by molar-refractivity contribution is 5.70. The summed E-state index contributed by atoms with van der Waals surface area (Å²) in [6.45, 7) is 0. The molecule has 0 unspecified atom stereocenters. The van der Waals surface area contributed by atoms with E-state index >= 15 is 0 Å². The number of ether oxygens (including phenoxy) is 1. The molecule has 0 aliphatic carbocycles. The van der Waals surface area contributed by atoms with Crippen molar-refractivity contribution in [1.82, 2.24) is 0 Å². The Morgan fingerprint density at radius 2 is 1.50 bits per heavy atom. The van der Waals surface area contributed by atoms with Gasteiger partial charge in [-0.1, -0.05) is 12.1 Å². The summed E-state index contributed by atoms with van der Waals surface area (Å²) in [5.74, 6) is -0.104. The Bertz CT molecular complexity index is 492.